The molecule has 1 aromatic heterocycles. The number of urea groups is 1. The first kappa shape index (κ1) is 15.6. The summed E-state index contributed by atoms with van der Waals surface area (Å²) < 4.78 is 7.43. The van der Waals surface area contributed by atoms with Crippen molar-refractivity contribution in [2.75, 3.05) is 13.1 Å². The van der Waals surface area contributed by atoms with E-state index < -0.39 is 24.0 Å². The number of hydrogen-bond acceptors (Lipinski definition) is 4. The summed E-state index contributed by atoms with van der Waals surface area (Å²) in [6, 6.07) is 1.84. The zero-order chi connectivity index (χ0) is 16.7. The summed E-state index contributed by atoms with van der Waals surface area (Å²) in [5.74, 6) is -1.02. The van der Waals surface area contributed by atoms with Crippen molar-refractivity contribution in [1.82, 2.24) is 14.8 Å². The van der Waals surface area contributed by atoms with Crippen molar-refractivity contribution >= 4 is 17.9 Å². The van der Waals surface area contributed by atoms with Crippen molar-refractivity contribution in [1.29, 1.82) is 0 Å². The van der Waals surface area contributed by atoms with Gasteiger partial charge in [0.05, 0.1) is 5.56 Å². The van der Waals surface area contributed by atoms with Gasteiger partial charge >= 0.3 is 12.0 Å². The van der Waals surface area contributed by atoms with E-state index in [0.29, 0.717) is 24.7 Å². The maximum atomic E-state index is 12.4. The number of aryl methyl sites for hydroxylation is 1. The second-order valence-electron chi connectivity index (χ2n) is 6.16. The average molecular weight is 319 g/mol. The van der Waals surface area contributed by atoms with Gasteiger partial charge in [-0.05, 0) is 39.7 Å². The Morgan fingerprint density at radius 2 is 2.04 bits per heavy atom. The van der Waals surface area contributed by atoms with E-state index in [1.165, 1.54) is 6.92 Å². The smallest absolute Gasteiger partial charge is 0.340 e. The monoisotopic (exact) mass is 319 g/mol. The Morgan fingerprint density at radius 3 is 2.61 bits per heavy atom. The summed E-state index contributed by atoms with van der Waals surface area (Å²) >= 11 is 0. The normalized spacial score (nSPS) is 18.7. The van der Waals surface area contributed by atoms with Gasteiger partial charge in [0.25, 0.3) is 5.91 Å². The van der Waals surface area contributed by atoms with E-state index >= 15 is 0 Å². The van der Waals surface area contributed by atoms with E-state index in [9.17, 15) is 14.4 Å². The number of nitrogens with one attached hydrogen (secondary N) is 1. The largest absolute Gasteiger partial charge is 0.449 e. The van der Waals surface area contributed by atoms with Crippen molar-refractivity contribution in [3.63, 3.8) is 0 Å². The summed E-state index contributed by atoms with van der Waals surface area (Å²) in [5, 5.41) is 2.55. The number of rotatable bonds is 4. The van der Waals surface area contributed by atoms with Crippen LogP contribution in [-0.4, -0.2) is 46.6 Å². The molecule has 3 rings (SSSR count). The molecule has 7 heteroatoms. The predicted molar refractivity (Wildman–Crippen MR) is 82.2 cm³/mol. The van der Waals surface area contributed by atoms with E-state index in [1.807, 2.05) is 13.8 Å². The number of carbonyl (C=O) groups is 3. The number of aromatic nitrogens is 1. The third-order valence-corrected chi connectivity index (χ3v) is 4.37. The number of esters is 1. The van der Waals surface area contributed by atoms with E-state index in [2.05, 4.69) is 9.88 Å². The molecule has 124 valence electrons. The molecule has 1 aliphatic carbocycles. The maximum Gasteiger partial charge on any atom is 0.340 e. The molecule has 1 aliphatic heterocycles. The molecular formula is C16H21N3O4. The lowest BCUT2D eigenvalue weighted by Gasteiger charge is -2.18. The fourth-order valence-electron chi connectivity index (χ4n) is 3.05. The molecule has 1 atom stereocenters. The van der Waals surface area contributed by atoms with E-state index in [1.54, 1.807) is 6.07 Å². The van der Waals surface area contributed by atoms with Gasteiger partial charge in [-0.25, -0.2) is 9.59 Å². The van der Waals surface area contributed by atoms with Gasteiger partial charge in [-0.15, -0.1) is 0 Å². The van der Waals surface area contributed by atoms with Crippen LogP contribution in [-0.2, 0) is 9.53 Å². The summed E-state index contributed by atoms with van der Waals surface area (Å²) in [6.45, 7) is 6.07. The Balaban J connectivity index is 1.70. The van der Waals surface area contributed by atoms with E-state index in [-0.39, 0.29) is 0 Å². The summed E-state index contributed by atoms with van der Waals surface area (Å²) in [5.41, 5.74) is 2.38. The number of amides is 3. The highest BCUT2D eigenvalue weighted by molar-refractivity contribution is 5.99. The standard InChI is InChI=1S/C16H21N3O4/c1-9-8-13(10(2)19(9)12-4-5-12)15(21)23-11(3)14(20)18-7-6-17-16(18)22/h8,11-12H,4-7H2,1-3H3,(H,17,22)/t11-/m1/s1. The molecule has 0 bridgehead atoms. The molecule has 0 aromatic carbocycles. The lowest BCUT2D eigenvalue weighted by Crippen LogP contribution is -2.41. The number of nitrogens with zero attached hydrogens (tertiary/aromatic N) is 2. The van der Waals surface area contributed by atoms with Gasteiger partial charge in [-0.3, -0.25) is 9.69 Å². The molecule has 0 spiro atoms. The number of hydrogen-bond donors (Lipinski definition) is 1. The molecule has 2 fully saturated rings. The molecular weight excluding hydrogens is 298 g/mol. The van der Waals surface area contributed by atoms with Crippen molar-refractivity contribution < 1.29 is 19.1 Å². The van der Waals surface area contributed by atoms with Crippen molar-refractivity contribution in [3.05, 3.63) is 23.0 Å². The second kappa shape index (κ2) is 5.72. The first-order valence-corrected chi connectivity index (χ1v) is 7.88. The molecule has 0 unspecified atom stereocenters. The Kier molecular flexibility index (Phi) is 3.87. The number of imide groups is 1. The molecule has 2 aliphatic rings. The molecule has 23 heavy (non-hydrogen) atoms. The van der Waals surface area contributed by atoms with Gasteiger partial charge < -0.3 is 14.6 Å². The van der Waals surface area contributed by atoms with Crippen LogP contribution in [0.5, 0.6) is 0 Å². The lowest BCUT2D eigenvalue weighted by molar-refractivity contribution is -0.136. The molecule has 0 radical (unpaired) electrons. The molecule has 3 amide bonds. The van der Waals surface area contributed by atoms with Gasteiger partial charge in [0.1, 0.15) is 0 Å². The minimum atomic E-state index is -0.990. The minimum Gasteiger partial charge on any atom is -0.449 e. The van der Waals surface area contributed by atoms with E-state index in [4.69, 9.17) is 4.74 Å². The quantitative estimate of drug-likeness (QED) is 0.854. The van der Waals surface area contributed by atoms with Gasteiger partial charge in [-0.2, -0.15) is 0 Å². The van der Waals surface area contributed by atoms with Crippen LogP contribution < -0.4 is 5.32 Å². The predicted octanol–water partition coefficient (Wildman–Crippen LogP) is 1.54. The molecule has 1 saturated carbocycles. The van der Waals surface area contributed by atoms with Crippen LogP contribution in [0.25, 0.3) is 0 Å². The number of carbonyl (C=O) groups excluding carboxylic acids is 3. The number of ether oxygens (including phenoxy) is 1. The van der Waals surface area contributed by atoms with E-state index in [0.717, 1.165) is 29.1 Å². The third-order valence-electron chi connectivity index (χ3n) is 4.37. The van der Waals surface area contributed by atoms with Crippen LogP contribution in [0.1, 0.15) is 47.6 Å². The highest BCUT2D eigenvalue weighted by Crippen LogP contribution is 2.38. The molecule has 7 nitrogen and oxygen atoms in total. The second-order valence-corrected chi connectivity index (χ2v) is 6.16. The van der Waals surface area contributed by atoms with Crippen molar-refractivity contribution in [3.8, 4) is 0 Å². The fourth-order valence-corrected chi connectivity index (χ4v) is 3.05. The van der Waals surface area contributed by atoms with Crippen LogP contribution in [0.15, 0.2) is 6.07 Å². The molecule has 1 N–H and O–H groups in total. The zero-order valence-electron chi connectivity index (χ0n) is 13.6. The summed E-state index contributed by atoms with van der Waals surface area (Å²) in [4.78, 5) is 37.1. The van der Waals surface area contributed by atoms with Gasteiger partial charge in [0.2, 0.25) is 0 Å². The topological polar surface area (TPSA) is 80.6 Å². The van der Waals surface area contributed by atoms with Gasteiger partial charge in [0.15, 0.2) is 6.10 Å². The highest BCUT2D eigenvalue weighted by Gasteiger charge is 2.33. The molecule has 1 aromatic rings. The fraction of sp³-hybridized carbons (Fsp3) is 0.562. The van der Waals surface area contributed by atoms with Crippen LogP contribution in [0.4, 0.5) is 4.79 Å². The molecule has 1 saturated heterocycles. The van der Waals surface area contributed by atoms with Gasteiger partial charge in [-0.1, -0.05) is 0 Å². The Labute approximate surface area is 134 Å². The van der Waals surface area contributed by atoms with Crippen LogP contribution >= 0.6 is 0 Å². The third kappa shape index (κ3) is 2.83. The SMILES string of the molecule is Cc1cc(C(=O)O[C@H](C)C(=O)N2CCNC2=O)c(C)n1C1CC1. The maximum absolute atomic E-state index is 12.4. The Morgan fingerprint density at radius 1 is 1.35 bits per heavy atom. The Hall–Kier alpha value is -2.31. The molecule has 2 heterocycles. The first-order valence-electron chi connectivity index (χ1n) is 7.88. The van der Waals surface area contributed by atoms with Crippen molar-refractivity contribution in [2.24, 2.45) is 0 Å². The Bertz CT molecular complexity index is 675. The van der Waals surface area contributed by atoms with Crippen LogP contribution in [0.2, 0.25) is 0 Å². The zero-order valence-corrected chi connectivity index (χ0v) is 13.6. The lowest BCUT2D eigenvalue weighted by atomic mass is 10.2. The highest BCUT2D eigenvalue weighted by atomic mass is 16.5. The van der Waals surface area contributed by atoms with Crippen LogP contribution in [0, 0.1) is 13.8 Å². The average Bonchev–Trinajstić information content (AvgIpc) is 3.16. The van der Waals surface area contributed by atoms with Gasteiger partial charge in [0, 0.05) is 30.5 Å². The first-order chi connectivity index (χ1) is 10.9. The van der Waals surface area contributed by atoms with Crippen LogP contribution in [0.3, 0.4) is 0 Å². The van der Waals surface area contributed by atoms with Crippen molar-refractivity contribution in [2.45, 2.75) is 45.8 Å². The summed E-state index contributed by atoms with van der Waals surface area (Å²) in [7, 11) is 0. The minimum absolute atomic E-state index is 0.301. The summed E-state index contributed by atoms with van der Waals surface area (Å²) in [6.07, 6.45) is 1.27.